The van der Waals surface area contributed by atoms with Gasteiger partial charge >= 0.3 is 0 Å². The number of piperidine rings is 1. The molecule has 2 saturated heterocycles. The van der Waals surface area contributed by atoms with Gasteiger partial charge in [0.25, 0.3) is 0 Å². The van der Waals surface area contributed by atoms with Gasteiger partial charge < -0.3 is 5.32 Å². The van der Waals surface area contributed by atoms with Gasteiger partial charge in [-0.2, -0.15) is 0 Å². The molecule has 0 spiro atoms. The Morgan fingerprint density at radius 2 is 2.06 bits per heavy atom. The molecule has 2 aliphatic rings. The standard InChI is InChI=1S/C12H17N3S/c1-8-4-5-13-12(14-8)16-11-6-9-2-3-10(7-11)15-9/h4-5,9-11,15H,2-3,6-7H2,1H3/t9-,10+,11?. The van der Waals surface area contributed by atoms with Gasteiger partial charge in [0.05, 0.1) is 0 Å². The summed E-state index contributed by atoms with van der Waals surface area (Å²) >= 11 is 1.86. The van der Waals surface area contributed by atoms with Crippen LogP contribution in [0, 0.1) is 6.92 Å². The summed E-state index contributed by atoms with van der Waals surface area (Å²) in [5.74, 6) is 0. The lowest BCUT2D eigenvalue weighted by molar-refractivity contribution is 0.414. The number of nitrogens with one attached hydrogen (secondary N) is 1. The van der Waals surface area contributed by atoms with Gasteiger partial charge in [-0.15, -0.1) is 0 Å². The number of aryl methyl sites for hydroxylation is 1. The van der Waals surface area contributed by atoms with Crippen molar-refractivity contribution >= 4 is 11.8 Å². The van der Waals surface area contributed by atoms with E-state index in [1.807, 2.05) is 30.9 Å². The fourth-order valence-electron chi connectivity index (χ4n) is 2.73. The van der Waals surface area contributed by atoms with E-state index in [2.05, 4.69) is 15.3 Å². The normalized spacial score (nSPS) is 32.9. The van der Waals surface area contributed by atoms with Crippen molar-refractivity contribution < 1.29 is 0 Å². The van der Waals surface area contributed by atoms with Crippen LogP contribution in [0.5, 0.6) is 0 Å². The smallest absolute Gasteiger partial charge is 0.187 e. The molecule has 0 aliphatic carbocycles. The molecule has 2 aliphatic heterocycles. The van der Waals surface area contributed by atoms with Crippen LogP contribution < -0.4 is 5.32 Å². The predicted octanol–water partition coefficient (Wildman–Crippen LogP) is 2.16. The number of hydrogen-bond acceptors (Lipinski definition) is 4. The van der Waals surface area contributed by atoms with Crippen molar-refractivity contribution in [3.05, 3.63) is 18.0 Å². The summed E-state index contributed by atoms with van der Waals surface area (Å²) in [5, 5.41) is 5.32. The van der Waals surface area contributed by atoms with Crippen LogP contribution >= 0.6 is 11.8 Å². The van der Waals surface area contributed by atoms with Gasteiger partial charge in [0.15, 0.2) is 5.16 Å². The second-order valence-electron chi connectivity index (χ2n) is 4.83. The number of thioether (sulfide) groups is 1. The summed E-state index contributed by atoms with van der Waals surface area (Å²) in [6.45, 7) is 2.03. The SMILES string of the molecule is Cc1ccnc(SC2C[C@H]3CC[C@@H](C2)N3)n1. The van der Waals surface area contributed by atoms with Crippen LogP contribution in [-0.2, 0) is 0 Å². The molecule has 0 aromatic carbocycles. The first kappa shape index (κ1) is 10.5. The van der Waals surface area contributed by atoms with E-state index in [1.165, 1.54) is 25.7 Å². The molecule has 2 bridgehead atoms. The monoisotopic (exact) mass is 235 g/mol. The van der Waals surface area contributed by atoms with E-state index in [4.69, 9.17) is 0 Å². The second-order valence-corrected chi connectivity index (χ2v) is 6.10. The van der Waals surface area contributed by atoms with Gasteiger partial charge in [0, 0.05) is 29.2 Å². The molecule has 3 nitrogen and oxygen atoms in total. The third kappa shape index (κ3) is 2.23. The summed E-state index contributed by atoms with van der Waals surface area (Å²) in [6.07, 6.45) is 7.13. The summed E-state index contributed by atoms with van der Waals surface area (Å²) in [7, 11) is 0. The Kier molecular flexibility index (Phi) is 2.86. The van der Waals surface area contributed by atoms with Gasteiger partial charge in [-0.25, -0.2) is 9.97 Å². The number of aromatic nitrogens is 2. The number of fused-ring (bicyclic) bond motifs is 2. The van der Waals surface area contributed by atoms with Gasteiger partial charge in [0.2, 0.25) is 0 Å². The molecule has 16 heavy (non-hydrogen) atoms. The van der Waals surface area contributed by atoms with E-state index < -0.39 is 0 Å². The number of hydrogen-bond donors (Lipinski definition) is 1. The van der Waals surface area contributed by atoms with Crippen LogP contribution in [0.3, 0.4) is 0 Å². The molecule has 3 rings (SSSR count). The van der Waals surface area contributed by atoms with E-state index >= 15 is 0 Å². The topological polar surface area (TPSA) is 37.8 Å². The maximum Gasteiger partial charge on any atom is 0.187 e. The molecule has 1 N–H and O–H groups in total. The largest absolute Gasteiger partial charge is 0.311 e. The molecular formula is C12H17N3S. The van der Waals surface area contributed by atoms with Crippen LogP contribution in [0.1, 0.15) is 31.4 Å². The minimum Gasteiger partial charge on any atom is -0.311 e. The molecule has 0 saturated carbocycles. The third-order valence-electron chi connectivity index (χ3n) is 3.47. The molecule has 1 aromatic heterocycles. The summed E-state index contributed by atoms with van der Waals surface area (Å²) in [6, 6.07) is 3.46. The Labute approximate surface area is 100 Å². The molecule has 86 valence electrons. The van der Waals surface area contributed by atoms with Crippen LogP contribution in [0.15, 0.2) is 17.4 Å². The third-order valence-corrected chi connectivity index (χ3v) is 4.60. The number of rotatable bonds is 2. The van der Waals surface area contributed by atoms with Crippen molar-refractivity contribution in [2.75, 3.05) is 0 Å². The Bertz CT molecular complexity index is 370. The summed E-state index contributed by atoms with van der Waals surface area (Å²) in [4.78, 5) is 8.80. The lowest BCUT2D eigenvalue weighted by Gasteiger charge is -2.27. The molecule has 2 fully saturated rings. The van der Waals surface area contributed by atoms with Crippen molar-refractivity contribution in [1.29, 1.82) is 0 Å². The molecule has 0 amide bonds. The highest BCUT2D eigenvalue weighted by molar-refractivity contribution is 7.99. The Morgan fingerprint density at radius 1 is 1.31 bits per heavy atom. The molecule has 1 unspecified atom stereocenters. The lowest BCUT2D eigenvalue weighted by atomic mass is 10.1. The fraction of sp³-hybridized carbons (Fsp3) is 0.667. The summed E-state index contributed by atoms with van der Waals surface area (Å²) in [5.41, 5.74) is 1.06. The fourth-order valence-corrected chi connectivity index (χ4v) is 4.01. The first-order valence-corrected chi connectivity index (χ1v) is 6.90. The molecule has 0 radical (unpaired) electrons. The minimum atomic E-state index is 0.709. The van der Waals surface area contributed by atoms with Gasteiger partial charge in [0.1, 0.15) is 0 Å². The Morgan fingerprint density at radius 3 is 2.75 bits per heavy atom. The van der Waals surface area contributed by atoms with Crippen molar-refractivity contribution in [1.82, 2.24) is 15.3 Å². The quantitative estimate of drug-likeness (QED) is 0.797. The molecular weight excluding hydrogens is 218 g/mol. The van der Waals surface area contributed by atoms with Crippen LogP contribution in [0.4, 0.5) is 0 Å². The van der Waals surface area contributed by atoms with Crippen LogP contribution in [0.2, 0.25) is 0 Å². The molecule has 1 aromatic rings. The highest BCUT2D eigenvalue weighted by Gasteiger charge is 2.34. The minimum absolute atomic E-state index is 0.709. The Hall–Kier alpha value is -0.610. The molecule has 3 atom stereocenters. The second kappa shape index (κ2) is 4.34. The van der Waals surface area contributed by atoms with Crippen molar-refractivity contribution in [2.45, 2.75) is 55.1 Å². The predicted molar refractivity (Wildman–Crippen MR) is 65.6 cm³/mol. The first-order chi connectivity index (χ1) is 7.79. The highest BCUT2D eigenvalue weighted by atomic mass is 32.2. The maximum absolute atomic E-state index is 4.47. The average molecular weight is 235 g/mol. The van der Waals surface area contributed by atoms with Crippen LogP contribution in [-0.4, -0.2) is 27.3 Å². The van der Waals surface area contributed by atoms with Gasteiger partial charge in [-0.1, -0.05) is 11.8 Å². The first-order valence-electron chi connectivity index (χ1n) is 6.02. The van der Waals surface area contributed by atoms with E-state index in [-0.39, 0.29) is 0 Å². The van der Waals surface area contributed by atoms with Crippen molar-refractivity contribution in [3.63, 3.8) is 0 Å². The van der Waals surface area contributed by atoms with Gasteiger partial charge in [-0.05, 0) is 38.7 Å². The van der Waals surface area contributed by atoms with E-state index in [1.54, 1.807) is 0 Å². The van der Waals surface area contributed by atoms with E-state index in [0.29, 0.717) is 5.25 Å². The average Bonchev–Trinajstić information content (AvgIpc) is 2.58. The number of nitrogens with zero attached hydrogens (tertiary/aromatic N) is 2. The Balaban J connectivity index is 1.67. The van der Waals surface area contributed by atoms with Crippen molar-refractivity contribution in [3.8, 4) is 0 Å². The van der Waals surface area contributed by atoms with Crippen LogP contribution in [0.25, 0.3) is 0 Å². The zero-order valence-electron chi connectivity index (χ0n) is 9.52. The zero-order valence-corrected chi connectivity index (χ0v) is 10.3. The molecule has 3 heterocycles. The van der Waals surface area contributed by atoms with Gasteiger partial charge in [-0.3, -0.25) is 0 Å². The van der Waals surface area contributed by atoms with E-state index in [9.17, 15) is 0 Å². The zero-order chi connectivity index (χ0) is 11.0. The summed E-state index contributed by atoms with van der Waals surface area (Å²) < 4.78 is 0. The van der Waals surface area contributed by atoms with E-state index in [0.717, 1.165) is 22.9 Å². The lowest BCUT2D eigenvalue weighted by Crippen LogP contribution is -2.39. The highest BCUT2D eigenvalue weighted by Crippen LogP contribution is 2.35. The van der Waals surface area contributed by atoms with Crippen molar-refractivity contribution in [2.24, 2.45) is 0 Å². The molecule has 4 heteroatoms. The maximum atomic E-state index is 4.47.